The highest BCUT2D eigenvalue weighted by Crippen LogP contribution is 2.44. The minimum Gasteiger partial charge on any atom is -0.481 e. The molecule has 1 amide bonds. The molecule has 6 nitrogen and oxygen atoms in total. The summed E-state index contributed by atoms with van der Waals surface area (Å²) in [5.74, 6) is -0.914. The van der Waals surface area contributed by atoms with Gasteiger partial charge in [0, 0.05) is 28.7 Å². The fourth-order valence-electron chi connectivity index (χ4n) is 4.32. The summed E-state index contributed by atoms with van der Waals surface area (Å²) < 4.78 is 5.58. The van der Waals surface area contributed by atoms with E-state index in [1.807, 2.05) is 24.3 Å². The van der Waals surface area contributed by atoms with E-state index >= 15 is 0 Å². The van der Waals surface area contributed by atoms with Gasteiger partial charge < -0.3 is 14.8 Å². The van der Waals surface area contributed by atoms with Crippen LogP contribution in [-0.4, -0.2) is 28.8 Å². The Morgan fingerprint density at radius 2 is 1.65 bits per heavy atom. The van der Waals surface area contributed by atoms with Crippen molar-refractivity contribution < 1.29 is 19.4 Å². The van der Waals surface area contributed by atoms with Gasteiger partial charge in [-0.15, -0.1) is 0 Å². The summed E-state index contributed by atoms with van der Waals surface area (Å²) >= 11 is 0. The maximum Gasteiger partial charge on any atom is 0.411 e. The number of amides is 1. The van der Waals surface area contributed by atoms with E-state index < -0.39 is 12.1 Å². The van der Waals surface area contributed by atoms with Crippen LogP contribution in [0.2, 0.25) is 0 Å². The third-order valence-corrected chi connectivity index (χ3v) is 5.70. The van der Waals surface area contributed by atoms with Gasteiger partial charge >= 0.3 is 12.1 Å². The number of aliphatic carboxylic acids is 1. The second-order valence-electron chi connectivity index (χ2n) is 7.60. The average molecular weight is 412 g/mol. The SMILES string of the molecule is O=C(O)Cc1c[nH]c2ccc(NC(=O)OCC3c4ccccc4-c4ccccc43)cc12. The second kappa shape index (κ2) is 7.65. The van der Waals surface area contributed by atoms with E-state index in [4.69, 9.17) is 9.84 Å². The minimum atomic E-state index is -0.907. The summed E-state index contributed by atoms with van der Waals surface area (Å²) in [5.41, 5.74) is 6.70. The topological polar surface area (TPSA) is 91.4 Å². The predicted octanol–water partition coefficient (Wildman–Crippen LogP) is 5.16. The molecule has 31 heavy (non-hydrogen) atoms. The van der Waals surface area contributed by atoms with Gasteiger partial charge in [0.15, 0.2) is 0 Å². The Kier molecular flexibility index (Phi) is 4.67. The Labute approximate surface area is 178 Å². The first-order valence-corrected chi connectivity index (χ1v) is 10.0. The molecule has 6 heteroatoms. The molecule has 3 aromatic carbocycles. The molecule has 0 radical (unpaired) electrons. The third-order valence-electron chi connectivity index (χ3n) is 5.70. The Hall–Kier alpha value is -4.06. The van der Waals surface area contributed by atoms with Crippen molar-refractivity contribution in [1.29, 1.82) is 0 Å². The van der Waals surface area contributed by atoms with Crippen LogP contribution in [0.15, 0.2) is 72.9 Å². The van der Waals surface area contributed by atoms with Crippen molar-refractivity contribution in [2.45, 2.75) is 12.3 Å². The second-order valence-corrected chi connectivity index (χ2v) is 7.60. The molecule has 1 aliphatic rings. The number of H-pyrrole nitrogens is 1. The normalized spacial score (nSPS) is 12.4. The number of aromatic amines is 1. The van der Waals surface area contributed by atoms with Gasteiger partial charge in [-0.1, -0.05) is 48.5 Å². The molecule has 0 bridgehead atoms. The van der Waals surface area contributed by atoms with E-state index in [-0.39, 0.29) is 18.9 Å². The molecule has 0 saturated heterocycles. The quantitative estimate of drug-likeness (QED) is 0.422. The Balaban J connectivity index is 1.31. The number of ether oxygens (including phenoxy) is 1. The lowest BCUT2D eigenvalue weighted by atomic mass is 9.98. The summed E-state index contributed by atoms with van der Waals surface area (Å²) in [6.07, 6.45) is 1.04. The van der Waals surface area contributed by atoms with Crippen LogP contribution in [0.25, 0.3) is 22.0 Å². The van der Waals surface area contributed by atoms with Crippen LogP contribution in [0.5, 0.6) is 0 Å². The molecule has 1 aromatic heterocycles. The van der Waals surface area contributed by atoms with Crippen molar-refractivity contribution in [3.63, 3.8) is 0 Å². The first-order chi connectivity index (χ1) is 15.1. The van der Waals surface area contributed by atoms with Crippen LogP contribution in [0.3, 0.4) is 0 Å². The van der Waals surface area contributed by atoms with Crippen LogP contribution in [0, 0.1) is 0 Å². The zero-order chi connectivity index (χ0) is 21.4. The van der Waals surface area contributed by atoms with Crippen molar-refractivity contribution in [3.8, 4) is 11.1 Å². The number of nitrogens with one attached hydrogen (secondary N) is 2. The number of carboxylic acid groups (broad SMARTS) is 1. The highest BCUT2D eigenvalue weighted by atomic mass is 16.5. The van der Waals surface area contributed by atoms with Gasteiger partial charge in [-0.05, 0) is 46.0 Å². The maximum absolute atomic E-state index is 12.5. The van der Waals surface area contributed by atoms with Gasteiger partial charge in [-0.25, -0.2) is 4.79 Å². The van der Waals surface area contributed by atoms with Crippen LogP contribution < -0.4 is 5.32 Å². The van der Waals surface area contributed by atoms with Crippen LogP contribution in [-0.2, 0) is 16.0 Å². The van der Waals surface area contributed by atoms with Crippen molar-refractivity contribution in [3.05, 3.63) is 89.6 Å². The molecule has 1 heterocycles. The molecule has 0 unspecified atom stereocenters. The molecule has 0 atom stereocenters. The summed E-state index contributed by atoms with van der Waals surface area (Å²) in [6, 6.07) is 21.7. The lowest BCUT2D eigenvalue weighted by molar-refractivity contribution is -0.136. The lowest BCUT2D eigenvalue weighted by Crippen LogP contribution is -2.17. The number of hydrogen-bond donors (Lipinski definition) is 3. The number of hydrogen-bond acceptors (Lipinski definition) is 3. The zero-order valence-electron chi connectivity index (χ0n) is 16.6. The molecule has 4 aromatic rings. The Morgan fingerprint density at radius 3 is 2.32 bits per heavy atom. The van der Waals surface area contributed by atoms with Crippen molar-refractivity contribution in [1.82, 2.24) is 4.98 Å². The van der Waals surface area contributed by atoms with Gasteiger partial charge in [0.1, 0.15) is 6.61 Å². The predicted molar refractivity (Wildman–Crippen MR) is 118 cm³/mol. The molecular formula is C25H20N2O4. The number of carboxylic acids is 1. The van der Waals surface area contributed by atoms with Gasteiger partial charge in [-0.2, -0.15) is 0 Å². The fourth-order valence-corrected chi connectivity index (χ4v) is 4.32. The van der Waals surface area contributed by atoms with Gasteiger partial charge in [0.2, 0.25) is 0 Å². The molecule has 0 fully saturated rings. The standard InChI is InChI=1S/C25H20N2O4/c28-24(29)11-15-13-26-23-10-9-16(12-21(15)23)27-25(30)31-14-22-19-7-3-1-5-17(19)18-6-2-4-8-20(18)22/h1-10,12-13,22,26H,11,14H2,(H,27,30)(H,28,29). The highest BCUT2D eigenvalue weighted by Gasteiger charge is 2.29. The number of anilines is 1. The largest absolute Gasteiger partial charge is 0.481 e. The fraction of sp³-hybridized carbons (Fsp3) is 0.120. The van der Waals surface area contributed by atoms with E-state index in [1.165, 1.54) is 11.1 Å². The van der Waals surface area contributed by atoms with Crippen molar-refractivity contribution >= 4 is 28.7 Å². The van der Waals surface area contributed by atoms with E-state index in [2.05, 4.69) is 34.6 Å². The van der Waals surface area contributed by atoms with Gasteiger partial charge in [0.05, 0.1) is 6.42 Å². The van der Waals surface area contributed by atoms with E-state index in [0.29, 0.717) is 11.3 Å². The summed E-state index contributed by atoms with van der Waals surface area (Å²) in [6.45, 7) is 0.233. The lowest BCUT2D eigenvalue weighted by Gasteiger charge is -2.14. The van der Waals surface area contributed by atoms with E-state index in [1.54, 1.807) is 24.4 Å². The van der Waals surface area contributed by atoms with E-state index in [0.717, 1.165) is 22.0 Å². The number of carbonyl (C=O) groups is 2. The molecule has 154 valence electrons. The molecule has 5 rings (SSSR count). The zero-order valence-corrected chi connectivity index (χ0v) is 16.6. The third kappa shape index (κ3) is 3.53. The summed E-state index contributed by atoms with van der Waals surface area (Å²) in [4.78, 5) is 26.6. The number of aromatic nitrogens is 1. The average Bonchev–Trinajstić information content (AvgIpc) is 3.31. The van der Waals surface area contributed by atoms with Crippen LogP contribution in [0.4, 0.5) is 10.5 Å². The molecule has 3 N–H and O–H groups in total. The van der Waals surface area contributed by atoms with E-state index in [9.17, 15) is 9.59 Å². The summed E-state index contributed by atoms with van der Waals surface area (Å²) in [7, 11) is 0. The van der Waals surface area contributed by atoms with Crippen molar-refractivity contribution in [2.75, 3.05) is 11.9 Å². The van der Waals surface area contributed by atoms with Gasteiger partial charge in [-0.3, -0.25) is 10.1 Å². The molecular weight excluding hydrogens is 392 g/mol. The summed E-state index contributed by atoms with van der Waals surface area (Å²) in [5, 5.41) is 12.6. The van der Waals surface area contributed by atoms with Gasteiger partial charge in [0.25, 0.3) is 0 Å². The molecule has 1 aliphatic carbocycles. The van der Waals surface area contributed by atoms with Crippen LogP contribution in [0.1, 0.15) is 22.6 Å². The first kappa shape index (κ1) is 18.9. The molecule has 0 spiro atoms. The highest BCUT2D eigenvalue weighted by molar-refractivity contribution is 5.93. The number of fused-ring (bicyclic) bond motifs is 4. The molecule has 0 aliphatic heterocycles. The maximum atomic E-state index is 12.5. The number of rotatable bonds is 5. The number of benzene rings is 3. The minimum absolute atomic E-state index is 0.00697. The monoisotopic (exact) mass is 412 g/mol. The Morgan fingerprint density at radius 1 is 0.968 bits per heavy atom. The smallest absolute Gasteiger partial charge is 0.411 e. The molecule has 0 saturated carbocycles. The van der Waals surface area contributed by atoms with Crippen molar-refractivity contribution in [2.24, 2.45) is 0 Å². The first-order valence-electron chi connectivity index (χ1n) is 10.0. The van der Waals surface area contributed by atoms with Crippen LogP contribution >= 0.6 is 0 Å². The number of carbonyl (C=O) groups excluding carboxylic acids is 1. The Bertz CT molecular complexity index is 1260.